The van der Waals surface area contributed by atoms with Crippen molar-refractivity contribution in [1.82, 2.24) is 19.4 Å². The van der Waals surface area contributed by atoms with Gasteiger partial charge in [-0.05, 0) is 31.6 Å². The molecule has 23 heavy (non-hydrogen) atoms. The second-order valence-corrected chi connectivity index (χ2v) is 8.35. The summed E-state index contributed by atoms with van der Waals surface area (Å²) in [5.74, 6) is -0.830. The highest BCUT2D eigenvalue weighted by molar-refractivity contribution is 7.89. The van der Waals surface area contributed by atoms with Gasteiger partial charge in [0.2, 0.25) is 10.0 Å². The molecular weight excluding hydrogens is 320 g/mol. The summed E-state index contributed by atoms with van der Waals surface area (Å²) in [6.07, 6.45) is 4.89. The van der Waals surface area contributed by atoms with Gasteiger partial charge in [-0.25, -0.2) is 8.42 Å². The number of aliphatic carboxylic acids is 1. The van der Waals surface area contributed by atoms with E-state index >= 15 is 0 Å². The minimum atomic E-state index is -3.51. The maximum atomic E-state index is 12.7. The van der Waals surface area contributed by atoms with Gasteiger partial charge in [-0.1, -0.05) is 0 Å². The summed E-state index contributed by atoms with van der Waals surface area (Å²) in [5.41, 5.74) is -0.0946. The number of carbonyl (C=O) groups is 1. The molecule has 2 aliphatic rings. The highest BCUT2D eigenvalue weighted by Gasteiger charge is 2.45. The van der Waals surface area contributed by atoms with E-state index in [1.165, 1.54) is 10.5 Å². The van der Waals surface area contributed by atoms with E-state index in [9.17, 15) is 13.2 Å². The largest absolute Gasteiger partial charge is 0.480 e. The second kappa shape index (κ2) is 5.88. The highest BCUT2D eigenvalue weighted by Crippen LogP contribution is 2.40. The Morgan fingerprint density at radius 3 is 2.70 bits per heavy atom. The van der Waals surface area contributed by atoms with Crippen LogP contribution >= 0.6 is 0 Å². The molecule has 0 aliphatic carbocycles. The Kier molecular flexibility index (Phi) is 4.19. The molecule has 1 spiro atoms. The molecule has 0 radical (unpaired) electrons. The van der Waals surface area contributed by atoms with Gasteiger partial charge in [0.1, 0.15) is 10.9 Å². The lowest BCUT2D eigenvalue weighted by Gasteiger charge is -2.38. The van der Waals surface area contributed by atoms with Crippen LogP contribution in [0, 0.1) is 5.41 Å². The zero-order chi connectivity index (χ0) is 16.7. The third-order valence-electron chi connectivity index (χ3n) is 5.01. The fraction of sp³-hybridized carbons (Fsp3) is 0.714. The number of hydrogen-bond acceptors (Lipinski definition) is 5. The van der Waals surface area contributed by atoms with Crippen molar-refractivity contribution >= 4 is 16.0 Å². The van der Waals surface area contributed by atoms with Crippen molar-refractivity contribution in [3.05, 3.63) is 12.4 Å². The summed E-state index contributed by atoms with van der Waals surface area (Å²) in [5, 5.41) is 16.2. The first-order valence-electron chi connectivity index (χ1n) is 7.85. The SMILES string of the molecule is CCn1cc(S(=O)(=O)N2CCC3(CC2)CNC(C(=O)O)C3)cn1. The third kappa shape index (κ3) is 3.00. The minimum absolute atomic E-state index is 0.0946. The van der Waals surface area contributed by atoms with Crippen molar-refractivity contribution in [1.29, 1.82) is 0 Å². The summed E-state index contributed by atoms with van der Waals surface area (Å²) in [7, 11) is -3.51. The molecule has 3 rings (SSSR count). The van der Waals surface area contributed by atoms with Gasteiger partial charge in [-0.2, -0.15) is 9.40 Å². The minimum Gasteiger partial charge on any atom is -0.480 e. The fourth-order valence-corrected chi connectivity index (χ4v) is 4.87. The van der Waals surface area contributed by atoms with Crippen LogP contribution in [0.1, 0.15) is 26.2 Å². The van der Waals surface area contributed by atoms with Crippen LogP contribution in [0.15, 0.2) is 17.3 Å². The monoisotopic (exact) mass is 342 g/mol. The number of piperidine rings is 1. The number of sulfonamides is 1. The third-order valence-corrected chi connectivity index (χ3v) is 6.86. The number of nitrogens with zero attached hydrogens (tertiary/aromatic N) is 3. The van der Waals surface area contributed by atoms with E-state index in [2.05, 4.69) is 10.4 Å². The van der Waals surface area contributed by atoms with Crippen LogP contribution in [-0.2, 0) is 21.4 Å². The topological polar surface area (TPSA) is 105 Å². The maximum Gasteiger partial charge on any atom is 0.320 e. The number of nitrogens with one attached hydrogen (secondary N) is 1. The molecule has 1 aromatic heterocycles. The number of aromatic nitrogens is 2. The Bertz CT molecular complexity index is 691. The van der Waals surface area contributed by atoms with Gasteiger partial charge in [-0.3, -0.25) is 9.48 Å². The van der Waals surface area contributed by atoms with E-state index in [1.807, 2.05) is 6.92 Å². The zero-order valence-corrected chi connectivity index (χ0v) is 13.9. The van der Waals surface area contributed by atoms with Crippen LogP contribution in [0.5, 0.6) is 0 Å². The first-order chi connectivity index (χ1) is 10.9. The maximum absolute atomic E-state index is 12.7. The molecule has 0 bridgehead atoms. The van der Waals surface area contributed by atoms with Gasteiger partial charge >= 0.3 is 5.97 Å². The Balaban J connectivity index is 1.68. The van der Waals surface area contributed by atoms with Crippen molar-refractivity contribution < 1.29 is 18.3 Å². The number of carboxylic acids is 1. The van der Waals surface area contributed by atoms with E-state index in [0.29, 0.717) is 45.4 Å². The van der Waals surface area contributed by atoms with Gasteiger partial charge in [-0.15, -0.1) is 0 Å². The van der Waals surface area contributed by atoms with E-state index in [4.69, 9.17) is 5.11 Å². The molecule has 128 valence electrons. The normalized spacial score (nSPS) is 25.0. The fourth-order valence-electron chi connectivity index (χ4n) is 3.47. The molecule has 1 unspecified atom stereocenters. The molecule has 2 N–H and O–H groups in total. The van der Waals surface area contributed by atoms with Crippen LogP contribution in [-0.4, -0.2) is 59.3 Å². The first-order valence-corrected chi connectivity index (χ1v) is 9.29. The van der Waals surface area contributed by atoms with Crippen molar-refractivity contribution in [3.63, 3.8) is 0 Å². The molecule has 0 saturated carbocycles. The van der Waals surface area contributed by atoms with E-state index < -0.39 is 22.0 Å². The Hall–Kier alpha value is -1.45. The van der Waals surface area contributed by atoms with Gasteiger partial charge in [0.05, 0.1) is 6.20 Å². The average Bonchev–Trinajstić information content (AvgIpc) is 3.15. The Morgan fingerprint density at radius 2 is 2.17 bits per heavy atom. The molecule has 2 saturated heterocycles. The van der Waals surface area contributed by atoms with Crippen LogP contribution in [0.4, 0.5) is 0 Å². The summed E-state index contributed by atoms with van der Waals surface area (Å²) in [4.78, 5) is 11.3. The molecule has 2 fully saturated rings. The predicted octanol–water partition coefficient (Wildman–Crippen LogP) is 0.120. The second-order valence-electron chi connectivity index (χ2n) is 6.41. The molecular formula is C14H22N4O4S. The Labute approximate surface area is 135 Å². The molecule has 9 heteroatoms. The van der Waals surface area contributed by atoms with E-state index in [-0.39, 0.29) is 10.3 Å². The quantitative estimate of drug-likeness (QED) is 0.805. The van der Waals surface area contributed by atoms with Crippen molar-refractivity contribution in [2.45, 2.75) is 43.7 Å². The number of hydrogen-bond donors (Lipinski definition) is 2. The lowest BCUT2D eigenvalue weighted by molar-refractivity contribution is -0.139. The molecule has 0 aromatic carbocycles. The van der Waals surface area contributed by atoms with E-state index in [1.54, 1.807) is 10.9 Å². The number of carboxylic acid groups (broad SMARTS) is 1. The summed E-state index contributed by atoms with van der Waals surface area (Å²) >= 11 is 0. The van der Waals surface area contributed by atoms with Crippen molar-refractivity contribution in [2.24, 2.45) is 5.41 Å². The van der Waals surface area contributed by atoms with Crippen molar-refractivity contribution in [2.75, 3.05) is 19.6 Å². The van der Waals surface area contributed by atoms with Gasteiger partial charge < -0.3 is 10.4 Å². The van der Waals surface area contributed by atoms with Crippen LogP contribution in [0.3, 0.4) is 0 Å². The molecule has 8 nitrogen and oxygen atoms in total. The summed E-state index contributed by atoms with van der Waals surface area (Å²) in [6.45, 7) is 4.02. The van der Waals surface area contributed by atoms with E-state index in [0.717, 1.165) is 0 Å². The molecule has 1 atom stereocenters. The summed E-state index contributed by atoms with van der Waals surface area (Å²) in [6, 6.07) is -0.513. The van der Waals surface area contributed by atoms with Crippen LogP contribution in [0.25, 0.3) is 0 Å². The molecule has 0 amide bonds. The molecule has 3 heterocycles. The van der Waals surface area contributed by atoms with Crippen LogP contribution < -0.4 is 5.32 Å². The number of aryl methyl sites for hydroxylation is 1. The first kappa shape index (κ1) is 16.4. The lowest BCUT2D eigenvalue weighted by Crippen LogP contribution is -2.43. The van der Waals surface area contributed by atoms with Gasteiger partial charge in [0, 0.05) is 32.4 Å². The average molecular weight is 342 g/mol. The number of rotatable bonds is 4. The predicted molar refractivity (Wildman–Crippen MR) is 82.4 cm³/mol. The smallest absolute Gasteiger partial charge is 0.320 e. The van der Waals surface area contributed by atoms with Gasteiger partial charge in [0.15, 0.2) is 0 Å². The van der Waals surface area contributed by atoms with Gasteiger partial charge in [0.25, 0.3) is 0 Å². The highest BCUT2D eigenvalue weighted by atomic mass is 32.2. The molecule has 1 aromatic rings. The summed E-state index contributed by atoms with van der Waals surface area (Å²) < 4.78 is 28.4. The lowest BCUT2D eigenvalue weighted by atomic mass is 9.77. The van der Waals surface area contributed by atoms with Crippen molar-refractivity contribution in [3.8, 4) is 0 Å². The van der Waals surface area contributed by atoms with Crippen LogP contribution in [0.2, 0.25) is 0 Å². The zero-order valence-electron chi connectivity index (χ0n) is 13.1. The molecule has 2 aliphatic heterocycles. The standard InChI is InChI=1S/C14H22N4O4S/c1-2-17-9-11(8-16-17)23(21,22)18-5-3-14(4-6-18)7-12(13(19)20)15-10-14/h8-9,12,15H,2-7,10H2,1H3,(H,19,20). The Morgan fingerprint density at radius 1 is 1.48 bits per heavy atom.